The van der Waals surface area contributed by atoms with Gasteiger partial charge in [-0.05, 0) is 47.0 Å². The van der Waals surface area contributed by atoms with Crippen LogP contribution in [0.3, 0.4) is 0 Å². The average molecular weight is 257 g/mol. The van der Waals surface area contributed by atoms with E-state index in [-0.39, 0.29) is 12.0 Å². The van der Waals surface area contributed by atoms with Gasteiger partial charge in [0.2, 0.25) is 0 Å². The highest BCUT2D eigenvalue weighted by molar-refractivity contribution is 5.76. The van der Waals surface area contributed by atoms with Gasteiger partial charge in [-0.25, -0.2) is 0 Å². The molecule has 106 valence electrons. The summed E-state index contributed by atoms with van der Waals surface area (Å²) in [4.78, 5) is 16.3. The molecule has 1 aliphatic heterocycles. The number of esters is 1. The van der Waals surface area contributed by atoms with E-state index in [1.807, 2.05) is 6.92 Å². The van der Waals surface area contributed by atoms with Crippen LogP contribution in [0.5, 0.6) is 0 Å². The summed E-state index contributed by atoms with van der Waals surface area (Å²) >= 11 is 0. The SMILES string of the molecule is CCOC(=O)C(CN(C)CC1CCN(C)C1)NC. The van der Waals surface area contributed by atoms with Gasteiger partial charge in [0.25, 0.3) is 0 Å². The standard InChI is InChI=1S/C13H27N3O2/c1-5-18-13(17)12(14-2)10-16(4)9-11-6-7-15(3)8-11/h11-12,14H,5-10H2,1-4H3. The second kappa shape index (κ2) is 7.71. The highest BCUT2D eigenvalue weighted by atomic mass is 16.5. The average Bonchev–Trinajstić information content (AvgIpc) is 2.71. The van der Waals surface area contributed by atoms with Crippen molar-refractivity contribution in [3.63, 3.8) is 0 Å². The maximum absolute atomic E-state index is 11.7. The van der Waals surface area contributed by atoms with Gasteiger partial charge in [-0.3, -0.25) is 4.79 Å². The lowest BCUT2D eigenvalue weighted by Crippen LogP contribution is -2.45. The molecule has 5 heteroatoms. The Kier molecular flexibility index (Phi) is 6.60. The number of carbonyl (C=O) groups is 1. The van der Waals surface area contributed by atoms with Crippen molar-refractivity contribution in [1.29, 1.82) is 0 Å². The smallest absolute Gasteiger partial charge is 0.324 e. The molecule has 0 spiro atoms. The molecule has 1 rings (SSSR count). The fourth-order valence-electron chi connectivity index (χ4n) is 2.53. The van der Waals surface area contributed by atoms with Gasteiger partial charge < -0.3 is 19.9 Å². The fourth-order valence-corrected chi connectivity index (χ4v) is 2.53. The molecule has 0 aromatic carbocycles. The molecule has 0 saturated carbocycles. The monoisotopic (exact) mass is 257 g/mol. The molecule has 0 aromatic heterocycles. The quantitative estimate of drug-likeness (QED) is 0.652. The summed E-state index contributed by atoms with van der Waals surface area (Å²) in [5.74, 6) is 0.565. The molecular weight excluding hydrogens is 230 g/mol. The summed E-state index contributed by atoms with van der Waals surface area (Å²) in [5, 5.41) is 3.02. The van der Waals surface area contributed by atoms with Crippen LogP contribution < -0.4 is 5.32 Å². The van der Waals surface area contributed by atoms with E-state index in [1.54, 1.807) is 7.05 Å². The third-order valence-corrected chi connectivity index (χ3v) is 3.47. The zero-order chi connectivity index (χ0) is 13.5. The van der Waals surface area contributed by atoms with Crippen LogP contribution in [0.4, 0.5) is 0 Å². The minimum Gasteiger partial charge on any atom is -0.465 e. The van der Waals surface area contributed by atoms with Gasteiger partial charge in [-0.1, -0.05) is 0 Å². The van der Waals surface area contributed by atoms with Crippen molar-refractivity contribution in [2.45, 2.75) is 19.4 Å². The molecule has 0 aliphatic carbocycles. The zero-order valence-corrected chi connectivity index (χ0v) is 12.1. The van der Waals surface area contributed by atoms with Crippen molar-refractivity contribution in [3.8, 4) is 0 Å². The first kappa shape index (κ1) is 15.4. The van der Waals surface area contributed by atoms with E-state index in [0.29, 0.717) is 13.2 Å². The first-order chi connectivity index (χ1) is 8.56. The second-order valence-corrected chi connectivity index (χ2v) is 5.23. The number of likely N-dealkylation sites (N-methyl/N-ethyl adjacent to an activating group) is 2. The third kappa shape index (κ3) is 4.92. The van der Waals surface area contributed by atoms with Gasteiger partial charge in [0.1, 0.15) is 6.04 Å². The molecule has 1 aliphatic rings. The molecule has 0 bridgehead atoms. The Morgan fingerprint density at radius 1 is 1.61 bits per heavy atom. The highest BCUT2D eigenvalue weighted by Crippen LogP contribution is 2.15. The molecule has 1 fully saturated rings. The summed E-state index contributed by atoms with van der Waals surface area (Å²) in [6.07, 6.45) is 1.25. The maximum Gasteiger partial charge on any atom is 0.324 e. The molecule has 18 heavy (non-hydrogen) atoms. The third-order valence-electron chi connectivity index (χ3n) is 3.47. The zero-order valence-electron chi connectivity index (χ0n) is 12.1. The van der Waals surface area contributed by atoms with Crippen LogP contribution in [-0.4, -0.2) is 75.7 Å². The van der Waals surface area contributed by atoms with Crippen molar-refractivity contribution in [1.82, 2.24) is 15.1 Å². The first-order valence-corrected chi connectivity index (χ1v) is 6.77. The van der Waals surface area contributed by atoms with E-state index in [1.165, 1.54) is 13.0 Å². The van der Waals surface area contributed by atoms with Crippen LogP contribution >= 0.6 is 0 Å². The number of carbonyl (C=O) groups excluding carboxylic acids is 1. The van der Waals surface area contributed by atoms with E-state index in [0.717, 1.165) is 19.0 Å². The number of ether oxygens (including phenoxy) is 1. The van der Waals surface area contributed by atoms with Crippen molar-refractivity contribution < 1.29 is 9.53 Å². The summed E-state index contributed by atoms with van der Waals surface area (Å²) in [6, 6.07) is -0.228. The van der Waals surface area contributed by atoms with Crippen LogP contribution in [0.15, 0.2) is 0 Å². The molecule has 1 N–H and O–H groups in total. The Morgan fingerprint density at radius 3 is 2.83 bits per heavy atom. The van der Waals surface area contributed by atoms with Gasteiger partial charge in [-0.2, -0.15) is 0 Å². The predicted molar refractivity (Wildman–Crippen MR) is 72.6 cm³/mol. The number of nitrogens with one attached hydrogen (secondary N) is 1. The molecule has 2 unspecified atom stereocenters. The molecule has 5 nitrogen and oxygen atoms in total. The van der Waals surface area contributed by atoms with Crippen LogP contribution in [0.1, 0.15) is 13.3 Å². The molecule has 1 saturated heterocycles. The largest absolute Gasteiger partial charge is 0.465 e. The first-order valence-electron chi connectivity index (χ1n) is 6.77. The maximum atomic E-state index is 11.7. The second-order valence-electron chi connectivity index (χ2n) is 5.23. The number of hydrogen-bond acceptors (Lipinski definition) is 5. The number of nitrogens with zero attached hydrogens (tertiary/aromatic N) is 2. The van der Waals surface area contributed by atoms with Crippen LogP contribution in [0.2, 0.25) is 0 Å². The molecule has 1 heterocycles. The van der Waals surface area contributed by atoms with E-state index < -0.39 is 0 Å². The summed E-state index contributed by atoms with van der Waals surface area (Å²) in [7, 11) is 6.04. The van der Waals surface area contributed by atoms with Crippen molar-refractivity contribution in [2.75, 3.05) is 53.9 Å². The van der Waals surface area contributed by atoms with Gasteiger partial charge in [0.15, 0.2) is 0 Å². The molecular formula is C13H27N3O2. The van der Waals surface area contributed by atoms with Crippen LogP contribution in [0.25, 0.3) is 0 Å². The predicted octanol–water partition coefficient (Wildman–Crippen LogP) is 0.0210. The Morgan fingerprint density at radius 2 is 2.33 bits per heavy atom. The minimum atomic E-state index is -0.228. The highest BCUT2D eigenvalue weighted by Gasteiger charge is 2.24. The van der Waals surface area contributed by atoms with E-state index in [4.69, 9.17) is 4.74 Å². The molecule has 2 atom stereocenters. The van der Waals surface area contributed by atoms with Gasteiger partial charge >= 0.3 is 5.97 Å². The number of likely N-dealkylation sites (tertiary alicyclic amines) is 1. The van der Waals surface area contributed by atoms with E-state index >= 15 is 0 Å². The van der Waals surface area contributed by atoms with Crippen LogP contribution in [0, 0.1) is 5.92 Å². The van der Waals surface area contributed by atoms with Crippen molar-refractivity contribution in [3.05, 3.63) is 0 Å². The summed E-state index contributed by atoms with van der Waals surface area (Å²) in [6.45, 7) is 6.37. The Hall–Kier alpha value is -0.650. The summed E-state index contributed by atoms with van der Waals surface area (Å²) < 4.78 is 5.05. The van der Waals surface area contributed by atoms with Crippen molar-refractivity contribution >= 4 is 5.97 Å². The molecule has 0 amide bonds. The number of hydrogen-bond donors (Lipinski definition) is 1. The molecule has 0 radical (unpaired) electrons. The molecule has 0 aromatic rings. The number of rotatable bonds is 7. The van der Waals surface area contributed by atoms with E-state index in [9.17, 15) is 4.79 Å². The Labute approximate surface area is 110 Å². The van der Waals surface area contributed by atoms with Gasteiger partial charge in [0.05, 0.1) is 6.61 Å². The lowest BCUT2D eigenvalue weighted by atomic mass is 10.1. The lowest BCUT2D eigenvalue weighted by molar-refractivity contribution is -0.146. The Bertz CT molecular complexity index is 261. The topological polar surface area (TPSA) is 44.8 Å². The van der Waals surface area contributed by atoms with Gasteiger partial charge in [-0.15, -0.1) is 0 Å². The lowest BCUT2D eigenvalue weighted by Gasteiger charge is -2.24. The van der Waals surface area contributed by atoms with Crippen molar-refractivity contribution in [2.24, 2.45) is 5.92 Å². The summed E-state index contributed by atoms with van der Waals surface area (Å²) in [5.41, 5.74) is 0. The minimum absolute atomic E-state index is 0.157. The normalized spacial score (nSPS) is 22.4. The fraction of sp³-hybridized carbons (Fsp3) is 0.923. The van der Waals surface area contributed by atoms with Crippen LogP contribution in [-0.2, 0) is 9.53 Å². The van der Waals surface area contributed by atoms with Gasteiger partial charge in [0, 0.05) is 19.6 Å². The van der Waals surface area contributed by atoms with E-state index in [2.05, 4.69) is 29.2 Å². The Balaban J connectivity index is 2.32.